The van der Waals surface area contributed by atoms with Crippen LogP contribution in [-0.4, -0.2) is 13.3 Å². The topological polar surface area (TPSA) is 89.3 Å². The third kappa shape index (κ3) is 3.42. The lowest BCUT2D eigenvalue weighted by molar-refractivity contribution is -0.385. The van der Waals surface area contributed by atoms with Gasteiger partial charge in [-0.15, -0.1) is 11.3 Å². The molecule has 0 fully saturated rings. The first-order valence-corrected chi connectivity index (χ1v) is 8.84. The number of hydrogen-bond donors (Lipinski definition) is 1. The molecule has 112 valence electrons. The van der Waals surface area contributed by atoms with E-state index in [-0.39, 0.29) is 9.90 Å². The van der Waals surface area contributed by atoms with Crippen molar-refractivity contribution in [1.29, 1.82) is 0 Å². The first kappa shape index (κ1) is 15.9. The van der Waals surface area contributed by atoms with E-state index >= 15 is 0 Å². The molecule has 1 N–H and O–H groups in total. The lowest BCUT2D eigenvalue weighted by Crippen LogP contribution is -2.12. The molecule has 0 bridgehead atoms. The lowest BCUT2D eigenvalue weighted by Gasteiger charge is -2.10. The number of sulfonamides is 1. The molecule has 0 radical (unpaired) electrons. The van der Waals surface area contributed by atoms with Crippen LogP contribution >= 0.6 is 27.3 Å². The maximum atomic E-state index is 12.2. The Hall–Kier alpha value is -1.45. The molecule has 1 aromatic heterocycles. The lowest BCUT2D eigenvalue weighted by atomic mass is 10.1. The predicted octanol–water partition coefficient (Wildman–Crippen LogP) is 3.84. The standard InChI is InChI=1S/C12H11BrN2O4S2/c1-7-6-10(15(16)17)8(2)5-9(7)14-21(18,19)12-4-3-11(13)20-12/h3-6,14H,1-2H3. The molecule has 0 aliphatic heterocycles. The Labute approximate surface area is 134 Å². The Balaban J connectivity index is 2.40. The predicted molar refractivity (Wildman–Crippen MR) is 85.4 cm³/mol. The van der Waals surface area contributed by atoms with Gasteiger partial charge in [-0.2, -0.15) is 0 Å². The first-order valence-electron chi connectivity index (χ1n) is 5.74. The van der Waals surface area contributed by atoms with E-state index in [1.54, 1.807) is 19.9 Å². The van der Waals surface area contributed by atoms with Crippen molar-refractivity contribution in [2.45, 2.75) is 18.1 Å². The van der Waals surface area contributed by atoms with Gasteiger partial charge < -0.3 is 0 Å². The number of aryl methyl sites for hydroxylation is 2. The summed E-state index contributed by atoms with van der Waals surface area (Å²) in [5, 5.41) is 10.9. The van der Waals surface area contributed by atoms with Gasteiger partial charge in [0.2, 0.25) is 0 Å². The van der Waals surface area contributed by atoms with Gasteiger partial charge in [-0.25, -0.2) is 8.42 Å². The van der Waals surface area contributed by atoms with Crippen molar-refractivity contribution in [2.24, 2.45) is 0 Å². The summed E-state index contributed by atoms with van der Waals surface area (Å²) >= 11 is 4.30. The van der Waals surface area contributed by atoms with Crippen LogP contribution in [0.3, 0.4) is 0 Å². The summed E-state index contributed by atoms with van der Waals surface area (Å²) in [6.45, 7) is 3.19. The molecule has 0 unspecified atom stereocenters. The molecule has 0 saturated heterocycles. The maximum absolute atomic E-state index is 12.2. The third-order valence-corrected chi connectivity index (χ3v) is 6.28. The highest BCUT2D eigenvalue weighted by Crippen LogP contribution is 2.30. The Morgan fingerprint density at radius 1 is 1.24 bits per heavy atom. The van der Waals surface area contributed by atoms with Crippen molar-refractivity contribution in [3.63, 3.8) is 0 Å². The highest BCUT2D eigenvalue weighted by Gasteiger charge is 2.20. The Morgan fingerprint density at radius 2 is 1.90 bits per heavy atom. The van der Waals surface area contributed by atoms with Crippen LogP contribution in [0, 0.1) is 24.0 Å². The molecule has 2 rings (SSSR count). The summed E-state index contributed by atoms with van der Waals surface area (Å²) in [6, 6.07) is 5.96. The molecular formula is C12H11BrN2O4S2. The monoisotopic (exact) mass is 390 g/mol. The molecule has 1 heterocycles. The summed E-state index contributed by atoms with van der Waals surface area (Å²) in [5.41, 5.74) is 1.19. The number of nitrogens with zero attached hydrogens (tertiary/aromatic N) is 1. The smallest absolute Gasteiger partial charge is 0.272 e. The van der Waals surface area contributed by atoms with Gasteiger partial charge in [-0.1, -0.05) is 0 Å². The van der Waals surface area contributed by atoms with Crippen LogP contribution in [0.2, 0.25) is 0 Å². The number of nitro benzene ring substituents is 1. The van der Waals surface area contributed by atoms with Crippen molar-refractivity contribution in [2.75, 3.05) is 4.72 Å². The third-order valence-electron chi connectivity index (χ3n) is 2.80. The Morgan fingerprint density at radius 3 is 2.43 bits per heavy atom. The molecule has 21 heavy (non-hydrogen) atoms. The molecule has 2 aromatic rings. The van der Waals surface area contributed by atoms with Gasteiger partial charge in [-0.3, -0.25) is 14.8 Å². The van der Waals surface area contributed by atoms with Gasteiger partial charge in [0, 0.05) is 11.6 Å². The largest absolute Gasteiger partial charge is 0.279 e. The normalized spacial score (nSPS) is 11.4. The number of thiophene rings is 1. The average Bonchev–Trinajstić information content (AvgIpc) is 2.80. The zero-order chi connectivity index (χ0) is 15.8. The number of rotatable bonds is 4. The van der Waals surface area contributed by atoms with Gasteiger partial charge in [0.05, 0.1) is 14.4 Å². The van der Waals surface area contributed by atoms with Crippen molar-refractivity contribution >= 4 is 48.7 Å². The molecule has 0 saturated carbocycles. The summed E-state index contributed by atoms with van der Waals surface area (Å²) in [6.07, 6.45) is 0. The van der Waals surface area contributed by atoms with E-state index in [1.807, 2.05) is 0 Å². The minimum atomic E-state index is -3.70. The molecule has 6 nitrogen and oxygen atoms in total. The van der Waals surface area contributed by atoms with Crippen molar-refractivity contribution in [1.82, 2.24) is 0 Å². The minimum absolute atomic E-state index is 0.0330. The van der Waals surface area contributed by atoms with Crippen molar-refractivity contribution in [3.8, 4) is 0 Å². The van der Waals surface area contributed by atoms with Crippen LogP contribution in [0.5, 0.6) is 0 Å². The zero-order valence-corrected chi connectivity index (χ0v) is 14.3. The SMILES string of the molecule is Cc1cc([N+](=O)[O-])c(C)cc1NS(=O)(=O)c1ccc(Br)s1. The number of nitro groups is 1. The Kier molecular flexibility index (Phi) is 4.35. The molecule has 1 aromatic carbocycles. The van der Waals surface area contributed by atoms with Crippen molar-refractivity contribution < 1.29 is 13.3 Å². The van der Waals surface area contributed by atoms with Crippen LogP contribution in [0.1, 0.15) is 11.1 Å². The van der Waals surface area contributed by atoms with E-state index in [2.05, 4.69) is 20.7 Å². The zero-order valence-electron chi connectivity index (χ0n) is 11.1. The second-order valence-electron chi connectivity index (χ2n) is 4.37. The fraction of sp³-hybridized carbons (Fsp3) is 0.167. The van der Waals surface area contributed by atoms with Gasteiger partial charge in [0.1, 0.15) is 4.21 Å². The molecule has 0 amide bonds. The highest BCUT2D eigenvalue weighted by molar-refractivity contribution is 9.11. The van der Waals surface area contributed by atoms with Crippen LogP contribution in [0.25, 0.3) is 0 Å². The molecule has 0 aliphatic rings. The van der Waals surface area contributed by atoms with Crippen LogP contribution < -0.4 is 4.72 Å². The summed E-state index contributed by atoms with van der Waals surface area (Å²) in [4.78, 5) is 10.4. The quantitative estimate of drug-likeness (QED) is 0.634. The van der Waals surface area contributed by atoms with E-state index in [1.165, 1.54) is 18.2 Å². The number of benzene rings is 1. The van der Waals surface area contributed by atoms with E-state index in [0.717, 1.165) is 11.3 Å². The van der Waals surface area contributed by atoms with Crippen LogP contribution in [-0.2, 0) is 10.0 Å². The first-order chi connectivity index (χ1) is 9.70. The second-order valence-corrected chi connectivity index (χ2v) is 8.75. The highest BCUT2D eigenvalue weighted by atomic mass is 79.9. The van der Waals surface area contributed by atoms with E-state index in [0.29, 0.717) is 20.6 Å². The summed E-state index contributed by atoms with van der Waals surface area (Å²) in [5.74, 6) is 0. The van der Waals surface area contributed by atoms with Crippen LogP contribution in [0.4, 0.5) is 11.4 Å². The van der Waals surface area contributed by atoms with E-state index in [9.17, 15) is 18.5 Å². The Bertz CT molecular complexity index is 815. The number of halogens is 1. The number of hydrogen-bond acceptors (Lipinski definition) is 5. The van der Waals surface area contributed by atoms with Gasteiger partial charge in [0.25, 0.3) is 15.7 Å². The van der Waals surface area contributed by atoms with Crippen LogP contribution in [0.15, 0.2) is 32.3 Å². The average molecular weight is 391 g/mol. The second kappa shape index (κ2) is 5.74. The molecule has 0 spiro atoms. The molecular weight excluding hydrogens is 380 g/mol. The minimum Gasteiger partial charge on any atom is -0.279 e. The summed E-state index contributed by atoms with van der Waals surface area (Å²) < 4.78 is 27.8. The van der Waals surface area contributed by atoms with E-state index in [4.69, 9.17) is 0 Å². The van der Waals surface area contributed by atoms with Gasteiger partial charge in [-0.05, 0) is 53.5 Å². The van der Waals surface area contributed by atoms with Gasteiger partial charge in [0.15, 0.2) is 0 Å². The summed E-state index contributed by atoms with van der Waals surface area (Å²) in [7, 11) is -3.70. The molecule has 0 atom stereocenters. The molecule has 0 aliphatic carbocycles. The van der Waals surface area contributed by atoms with Gasteiger partial charge >= 0.3 is 0 Å². The molecule has 9 heteroatoms. The maximum Gasteiger partial charge on any atom is 0.272 e. The fourth-order valence-electron chi connectivity index (χ4n) is 1.74. The van der Waals surface area contributed by atoms with Crippen molar-refractivity contribution in [3.05, 3.63) is 49.3 Å². The van der Waals surface area contributed by atoms with E-state index < -0.39 is 14.9 Å². The fourth-order valence-corrected chi connectivity index (χ4v) is 4.88. The number of nitrogens with one attached hydrogen (secondary N) is 1. The number of anilines is 1.